The Balaban J connectivity index is 2.45. The van der Waals surface area contributed by atoms with Crippen LogP contribution in [0, 0.1) is 10.5 Å². The molecular formula is C16H16INO5S. The third-order valence-corrected chi connectivity index (χ3v) is 5.08. The molecule has 0 saturated heterocycles. The van der Waals surface area contributed by atoms with Crippen molar-refractivity contribution in [2.24, 2.45) is 5.16 Å². The Kier molecular flexibility index (Phi) is 6.05. The highest BCUT2D eigenvalue weighted by Crippen LogP contribution is 2.36. The fourth-order valence-electron chi connectivity index (χ4n) is 1.94. The van der Waals surface area contributed by atoms with E-state index < -0.39 is 10.1 Å². The summed E-state index contributed by atoms with van der Waals surface area (Å²) in [5.74, 6) is 0.364. The SMILES string of the molecule is CCOc1cc(/C=N/O)cc(I)c1OS(=O)(=O)c1ccc(C)cc1. The normalized spacial score (nSPS) is 11.6. The van der Waals surface area contributed by atoms with Crippen LogP contribution in [0.25, 0.3) is 0 Å². The molecule has 2 aromatic rings. The molecule has 6 nitrogen and oxygen atoms in total. The molecule has 128 valence electrons. The first kappa shape index (κ1) is 18.5. The van der Waals surface area contributed by atoms with Gasteiger partial charge in [0.15, 0.2) is 11.5 Å². The molecule has 0 unspecified atom stereocenters. The summed E-state index contributed by atoms with van der Waals surface area (Å²) in [4.78, 5) is 0.0624. The van der Waals surface area contributed by atoms with Gasteiger partial charge in [0.1, 0.15) is 4.90 Å². The summed E-state index contributed by atoms with van der Waals surface area (Å²) in [7, 11) is -3.99. The molecule has 0 aliphatic heterocycles. The number of ether oxygens (including phenoxy) is 1. The fourth-order valence-corrected chi connectivity index (χ4v) is 3.78. The van der Waals surface area contributed by atoms with Gasteiger partial charge in [0, 0.05) is 5.56 Å². The average molecular weight is 461 g/mol. The Hall–Kier alpha value is -1.81. The molecule has 2 rings (SSSR count). The van der Waals surface area contributed by atoms with Crippen LogP contribution < -0.4 is 8.92 Å². The van der Waals surface area contributed by atoms with E-state index in [0.717, 1.165) is 5.56 Å². The number of benzene rings is 2. The molecule has 0 saturated carbocycles. The quantitative estimate of drug-likeness (QED) is 0.234. The van der Waals surface area contributed by atoms with Crippen LogP contribution in [0.1, 0.15) is 18.1 Å². The monoisotopic (exact) mass is 461 g/mol. The van der Waals surface area contributed by atoms with E-state index in [0.29, 0.717) is 15.7 Å². The van der Waals surface area contributed by atoms with Crippen molar-refractivity contribution in [1.82, 2.24) is 0 Å². The topological polar surface area (TPSA) is 85.2 Å². The number of oxime groups is 1. The summed E-state index contributed by atoms with van der Waals surface area (Å²) in [6.07, 6.45) is 1.23. The molecular weight excluding hydrogens is 445 g/mol. The first-order valence-electron chi connectivity index (χ1n) is 7.02. The van der Waals surface area contributed by atoms with Gasteiger partial charge in [-0.25, -0.2) is 0 Å². The van der Waals surface area contributed by atoms with Crippen molar-refractivity contribution in [2.75, 3.05) is 6.61 Å². The minimum Gasteiger partial charge on any atom is -0.490 e. The number of rotatable bonds is 6. The van der Waals surface area contributed by atoms with Crippen LogP contribution in [0.15, 0.2) is 46.4 Å². The predicted molar refractivity (Wildman–Crippen MR) is 98.7 cm³/mol. The Labute approximate surface area is 154 Å². The largest absolute Gasteiger partial charge is 0.490 e. The highest BCUT2D eigenvalue weighted by Gasteiger charge is 2.22. The highest BCUT2D eigenvalue weighted by atomic mass is 127. The first-order valence-corrected chi connectivity index (χ1v) is 9.51. The molecule has 0 aromatic heterocycles. The van der Waals surface area contributed by atoms with Crippen LogP contribution in [-0.2, 0) is 10.1 Å². The zero-order valence-corrected chi connectivity index (χ0v) is 16.0. The lowest BCUT2D eigenvalue weighted by atomic mass is 10.2. The summed E-state index contributed by atoms with van der Waals surface area (Å²) in [5, 5.41) is 11.6. The van der Waals surface area contributed by atoms with Crippen LogP contribution in [0.4, 0.5) is 0 Å². The Bertz CT molecular complexity index is 848. The van der Waals surface area contributed by atoms with Crippen LogP contribution in [0.5, 0.6) is 11.5 Å². The summed E-state index contributed by atoms with van der Waals surface area (Å²) >= 11 is 1.94. The maximum atomic E-state index is 12.5. The zero-order chi connectivity index (χ0) is 17.7. The van der Waals surface area contributed by atoms with Crippen LogP contribution in [0.3, 0.4) is 0 Å². The van der Waals surface area contributed by atoms with Crippen LogP contribution >= 0.6 is 22.6 Å². The molecule has 0 atom stereocenters. The second kappa shape index (κ2) is 7.84. The molecule has 0 aliphatic rings. The summed E-state index contributed by atoms with van der Waals surface area (Å²) < 4.78 is 36.3. The van der Waals surface area contributed by atoms with E-state index in [9.17, 15) is 8.42 Å². The number of aryl methyl sites for hydroxylation is 1. The van der Waals surface area contributed by atoms with Gasteiger partial charge in [0.05, 0.1) is 16.4 Å². The van der Waals surface area contributed by atoms with E-state index in [1.165, 1.54) is 18.3 Å². The molecule has 24 heavy (non-hydrogen) atoms. The molecule has 0 radical (unpaired) electrons. The molecule has 2 aromatic carbocycles. The molecule has 0 aliphatic carbocycles. The number of nitrogens with zero attached hydrogens (tertiary/aromatic N) is 1. The van der Waals surface area contributed by atoms with E-state index in [1.807, 2.05) is 29.5 Å². The minimum atomic E-state index is -3.99. The minimum absolute atomic E-state index is 0.0624. The number of hydrogen-bond donors (Lipinski definition) is 1. The smallest absolute Gasteiger partial charge is 0.339 e. The lowest BCUT2D eigenvalue weighted by Gasteiger charge is -2.14. The molecule has 8 heteroatoms. The molecule has 1 N–H and O–H groups in total. The lowest BCUT2D eigenvalue weighted by Crippen LogP contribution is -2.12. The van der Waals surface area contributed by atoms with E-state index >= 15 is 0 Å². The molecule has 0 bridgehead atoms. The second-order valence-electron chi connectivity index (χ2n) is 4.86. The lowest BCUT2D eigenvalue weighted by molar-refractivity contribution is 0.321. The summed E-state index contributed by atoms with van der Waals surface area (Å²) in [6.45, 7) is 3.98. The Morgan fingerprint density at radius 1 is 1.25 bits per heavy atom. The van der Waals surface area contributed by atoms with Crippen molar-refractivity contribution < 1.29 is 22.5 Å². The van der Waals surface area contributed by atoms with E-state index in [-0.39, 0.29) is 16.4 Å². The molecule has 0 fully saturated rings. The van der Waals surface area contributed by atoms with Gasteiger partial charge in [-0.05, 0) is 60.7 Å². The van der Waals surface area contributed by atoms with Gasteiger partial charge in [-0.1, -0.05) is 22.9 Å². The van der Waals surface area contributed by atoms with Crippen LogP contribution in [0.2, 0.25) is 0 Å². The van der Waals surface area contributed by atoms with Crippen molar-refractivity contribution in [1.29, 1.82) is 0 Å². The maximum absolute atomic E-state index is 12.5. The number of halogens is 1. The van der Waals surface area contributed by atoms with Crippen LogP contribution in [-0.4, -0.2) is 26.4 Å². The molecule has 0 spiro atoms. The van der Waals surface area contributed by atoms with E-state index in [2.05, 4.69) is 5.16 Å². The fraction of sp³-hybridized carbons (Fsp3) is 0.188. The van der Waals surface area contributed by atoms with Crippen molar-refractivity contribution in [3.8, 4) is 11.5 Å². The third kappa shape index (κ3) is 4.38. The van der Waals surface area contributed by atoms with Crippen molar-refractivity contribution >= 4 is 38.9 Å². The molecule has 0 heterocycles. The third-order valence-electron chi connectivity index (χ3n) is 3.04. The van der Waals surface area contributed by atoms with Gasteiger partial charge >= 0.3 is 10.1 Å². The maximum Gasteiger partial charge on any atom is 0.339 e. The molecule has 0 amide bonds. The van der Waals surface area contributed by atoms with Gasteiger partial charge in [-0.15, -0.1) is 0 Å². The Morgan fingerprint density at radius 3 is 2.50 bits per heavy atom. The summed E-state index contributed by atoms with van der Waals surface area (Å²) in [6, 6.07) is 9.56. The van der Waals surface area contributed by atoms with Gasteiger partial charge in [-0.3, -0.25) is 0 Å². The second-order valence-corrected chi connectivity index (χ2v) is 7.57. The van der Waals surface area contributed by atoms with Crippen molar-refractivity contribution in [3.05, 3.63) is 51.1 Å². The van der Waals surface area contributed by atoms with E-state index in [4.69, 9.17) is 14.1 Å². The van der Waals surface area contributed by atoms with Gasteiger partial charge in [0.2, 0.25) is 0 Å². The van der Waals surface area contributed by atoms with E-state index in [1.54, 1.807) is 31.2 Å². The van der Waals surface area contributed by atoms with Crippen molar-refractivity contribution in [2.45, 2.75) is 18.7 Å². The summed E-state index contributed by atoms with van der Waals surface area (Å²) in [5.41, 5.74) is 1.51. The highest BCUT2D eigenvalue weighted by molar-refractivity contribution is 14.1. The standard InChI is InChI=1S/C16H16INO5S/c1-3-22-15-9-12(10-18-19)8-14(17)16(15)23-24(20,21)13-6-4-11(2)5-7-13/h4-10,19H,3H2,1-2H3/b18-10+. The predicted octanol–water partition coefficient (Wildman–Crippen LogP) is 3.57. The zero-order valence-electron chi connectivity index (χ0n) is 13.1. The number of hydrogen-bond acceptors (Lipinski definition) is 6. The first-order chi connectivity index (χ1) is 11.4. The van der Waals surface area contributed by atoms with Gasteiger partial charge in [-0.2, -0.15) is 8.42 Å². The van der Waals surface area contributed by atoms with Gasteiger partial charge < -0.3 is 14.1 Å². The van der Waals surface area contributed by atoms with Gasteiger partial charge in [0.25, 0.3) is 0 Å². The van der Waals surface area contributed by atoms with Crippen molar-refractivity contribution in [3.63, 3.8) is 0 Å². The Morgan fingerprint density at radius 2 is 1.92 bits per heavy atom. The average Bonchev–Trinajstić information content (AvgIpc) is 2.52.